The van der Waals surface area contributed by atoms with Gasteiger partial charge in [0, 0.05) is 44.3 Å². The van der Waals surface area contributed by atoms with E-state index in [4.69, 9.17) is 37.5 Å². The number of rotatable bonds is 12. The summed E-state index contributed by atoms with van der Waals surface area (Å²) in [6.07, 6.45) is 10.9. The normalized spacial score (nSPS) is 8.00. The molecule has 0 fully saturated rings. The standard InChI is InChI=1S/C8H14O2.C7H13NO2.CH3.ClH.U/c1-3-5-9-7-8-10-6-4-2;1-2-4-9-6-7-10-5-3-8;;;/h1H,4-8H2,2H3;1H,3-8H2;1H3;1H;/q;;-1;;. The van der Waals surface area contributed by atoms with Crippen LogP contribution < -0.4 is 5.73 Å². The zero-order valence-electron chi connectivity index (χ0n) is 14.3. The minimum absolute atomic E-state index is 0. The van der Waals surface area contributed by atoms with Crippen LogP contribution in [0.5, 0.6) is 0 Å². The second kappa shape index (κ2) is 38.1. The first-order chi connectivity index (χ1) is 9.83. The molecule has 0 atom stereocenters. The molecule has 0 aliphatic rings. The summed E-state index contributed by atoms with van der Waals surface area (Å²) >= 11 is 0. The molecule has 0 aromatic rings. The summed E-state index contributed by atoms with van der Waals surface area (Å²) < 4.78 is 20.0. The van der Waals surface area contributed by atoms with Gasteiger partial charge in [0.25, 0.3) is 0 Å². The topological polar surface area (TPSA) is 62.9 Å². The Morgan fingerprint density at radius 3 is 1.52 bits per heavy atom. The van der Waals surface area contributed by atoms with Crippen LogP contribution in [-0.4, -0.2) is 59.4 Å². The summed E-state index contributed by atoms with van der Waals surface area (Å²) in [6.45, 7) is 7.11. The van der Waals surface area contributed by atoms with Crippen molar-refractivity contribution in [3.63, 3.8) is 0 Å². The van der Waals surface area contributed by atoms with E-state index in [1.54, 1.807) is 0 Å². The van der Waals surface area contributed by atoms with Crippen LogP contribution in [0.1, 0.15) is 13.3 Å². The maximum absolute atomic E-state index is 5.17. The molecule has 2 N–H and O–H groups in total. The minimum Gasteiger partial charge on any atom is -0.379 e. The number of hydrogen-bond donors (Lipinski definition) is 1. The van der Waals surface area contributed by atoms with Gasteiger partial charge in [-0.25, -0.2) is 0 Å². The molecule has 0 saturated heterocycles. The van der Waals surface area contributed by atoms with Crippen molar-refractivity contribution in [3.05, 3.63) is 7.43 Å². The molecule has 0 aliphatic heterocycles. The number of terminal acetylenes is 2. The van der Waals surface area contributed by atoms with Crippen LogP contribution in [0.15, 0.2) is 0 Å². The Bertz CT molecular complexity index is 231. The van der Waals surface area contributed by atoms with E-state index >= 15 is 0 Å². The van der Waals surface area contributed by atoms with E-state index in [0.29, 0.717) is 52.8 Å². The molecule has 0 unspecified atom stereocenters. The molecule has 0 bridgehead atoms. The first-order valence-electron chi connectivity index (χ1n) is 6.71. The van der Waals surface area contributed by atoms with E-state index in [1.807, 2.05) is 0 Å². The predicted octanol–water partition coefficient (Wildman–Crippen LogP) is 1.55. The third kappa shape index (κ3) is 44.9. The summed E-state index contributed by atoms with van der Waals surface area (Å²) in [5, 5.41) is 0. The predicted molar refractivity (Wildman–Crippen MR) is 93.9 cm³/mol. The Kier molecular flexibility index (Phi) is 57.2. The second-order valence-corrected chi connectivity index (χ2v) is 3.53. The fourth-order valence-corrected chi connectivity index (χ4v) is 0.930. The van der Waals surface area contributed by atoms with Gasteiger partial charge in [-0.2, -0.15) is 0 Å². The molecule has 0 aliphatic carbocycles. The van der Waals surface area contributed by atoms with Crippen molar-refractivity contribution in [2.75, 3.05) is 59.4 Å². The molecule has 7 heteroatoms. The van der Waals surface area contributed by atoms with Crippen molar-refractivity contribution >= 4 is 12.4 Å². The minimum atomic E-state index is 0. The van der Waals surface area contributed by atoms with Gasteiger partial charge in [0.05, 0.1) is 33.0 Å². The van der Waals surface area contributed by atoms with Gasteiger partial charge in [0.2, 0.25) is 0 Å². The molecule has 0 aromatic carbocycles. The van der Waals surface area contributed by atoms with E-state index in [0.717, 1.165) is 13.0 Å². The van der Waals surface area contributed by atoms with Crippen LogP contribution >= 0.6 is 12.4 Å². The Morgan fingerprint density at radius 1 is 0.783 bits per heavy atom. The van der Waals surface area contributed by atoms with Gasteiger partial charge in [-0.15, -0.1) is 25.3 Å². The van der Waals surface area contributed by atoms with Crippen LogP contribution in [-0.2, 0) is 18.9 Å². The maximum Gasteiger partial charge on any atom is 0.107 e. The summed E-state index contributed by atoms with van der Waals surface area (Å²) in [5.74, 6) is 4.74. The zero-order valence-corrected chi connectivity index (χ0v) is 19.3. The van der Waals surface area contributed by atoms with E-state index in [-0.39, 0.29) is 50.9 Å². The summed E-state index contributed by atoms with van der Waals surface area (Å²) in [7, 11) is 0. The Balaban J connectivity index is -0.0000000831. The Labute approximate surface area is 172 Å². The second-order valence-electron chi connectivity index (χ2n) is 3.53. The quantitative estimate of drug-likeness (QED) is 0.218. The smallest absolute Gasteiger partial charge is 0.107 e. The molecule has 0 saturated carbocycles. The number of hydrogen-bond acceptors (Lipinski definition) is 5. The van der Waals surface area contributed by atoms with Gasteiger partial charge in [-0.3, -0.25) is 0 Å². The van der Waals surface area contributed by atoms with Crippen molar-refractivity contribution < 1.29 is 50.1 Å². The molecule has 0 radical (unpaired) electrons. The van der Waals surface area contributed by atoms with Gasteiger partial charge in [-0.05, 0) is 6.42 Å². The van der Waals surface area contributed by atoms with E-state index < -0.39 is 0 Å². The van der Waals surface area contributed by atoms with Gasteiger partial charge in [-0.1, -0.05) is 18.8 Å². The monoisotopic (exact) mass is 574 g/mol. The fourth-order valence-electron chi connectivity index (χ4n) is 0.930. The molecular weight excluding hydrogens is 544 g/mol. The SMILES string of the molecule is C#CCOCCOCCC.C#CCOCCOCCN.Cl.[CH3-].[U]. The summed E-state index contributed by atoms with van der Waals surface area (Å²) in [4.78, 5) is 0. The summed E-state index contributed by atoms with van der Waals surface area (Å²) in [6, 6.07) is 0. The first-order valence-corrected chi connectivity index (χ1v) is 6.71. The number of halogens is 1. The third-order valence-corrected chi connectivity index (χ3v) is 1.73. The third-order valence-electron chi connectivity index (χ3n) is 1.73. The van der Waals surface area contributed by atoms with Crippen molar-refractivity contribution in [1.29, 1.82) is 0 Å². The van der Waals surface area contributed by atoms with Gasteiger partial charge >= 0.3 is 0 Å². The molecule has 5 nitrogen and oxygen atoms in total. The molecule has 23 heavy (non-hydrogen) atoms. The van der Waals surface area contributed by atoms with E-state index in [1.165, 1.54) is 0 Å². The molecule has 0 amide bonds. The van der Waals surface area contributed by atoms with Crippen LogP contribution in [0, 0.1) is 63.2 Å². The van der Waals surface area contributed by atoms with Crippen LogP contribution in [0.4, 0.5) is 0 Å². The van der Waals surface area contributed by atoms with Crippen molar-refractivity contribution in [2.45, 2.75) is 13.3 Å². The van der Waals surface area contributed by atoms with Crippen LogP contribution in [0.2, 0.25) is 0 Å². The number of ether oxygens (including phenoxy) is 4. The van der Waals surface area contributed by atoms with Gasteiger partial charge < -0.3 is 32.1 Å². The molecular formula is C16H31ClNO4U-. The van der Waals surface area contributed by atoms with Gasteiger partial charge in [0.1, 0.15) is 13.2 Å². The van der Waals surface area contributed by atoms with Crippen molar-refractivity contribution in [3.8, 4) is 24.7 Å². The van der Waals surface area contributed by atoms with Gasteiger partial charge in [0.15, 0.2) is 0 Å². The molecule has 0 rings (SSSR count). The molecule has 0 aromatic heterocycles. The zero-order chi connectivity index (χ0) is 15.3. The van der Waals surface area contributed by atoms with Crippen LogP contribution in [0.25, 0.3) is 0 Å². The van der Waals surface area contributed by atoms with E-state index in [9.17, 15) is 0 Å². The maximum atomic E-state index is 5.17. The average Bonchev–Trinajstić information content (AvgIpc) is 2.47. The van der Waals surface area contributed by atoms with Crippen molar-refractivity contribution in [2.24, 2.45) is 5.73 Å². The Hall–Kier alpha value is 0.262. The molecule has 0 spiro atoms. The fraction of sp³-hybridized carbons (Fsp3) is 0.688. The number of nitrogens with two attached hydrogens (primary N) is 1. The van der Waals surface area contributed by atoms with Crippen molar-refractivity contribution in [1.82, 2.24) is 0 Å². The van der Waals surface area contributed by atoms with Crippen LogP contribution in [0.3, 0.4) is 0 Å². The average molecular weight is 575 g/mol. The summed E-state index contributed by atoms with van der Waals surface area (Å²) in [5.41, 5.74) is 5.17. The largest absolute Gasteiger partial charge is 0.379 e. The Morgan fingerprint density at radius 2 is 1.17 bits per heavy atom. The van der Waals surface area contributed by atoms with E-state index in [2.05, 4.69) is 18.8 Å². The molecule has 136 valence electrons. The molecule has 0 heterocycles. The first kappa shape index (κ1) is 34.6.